The van der Waals surface area contributed by atoms with Crippen molar-refractivity contribution in [1.29, 1.82) is 0 Å². The number of hydrogen-bond acceptors (Lipinski definition) is 4. The molecule has 0 amide bonds. The Balaban J connectivity index is 2.24. The summed E-state index contributed by atoms with van der Waals surface area (Å²) >= 11 is 1.58. The van der Waals surface area contributed by atoms with E-state index in [-0.39, 0.29) is 0 Å². The van der Waals surface area contributed by atoms with Gasteiger partial charge in [0.2, 0.25) is 6.08 Å². The van der Waals surface area contributed by atoms with Gasteiger partial charge in [-0.2, -0.15) is 0 Å². The average molecular weight is 166 g/mol. The van der Waals surface area contributed by atoms with Crippen LogP contribution in [0.1, 0.15) is 23.8 Å². The molecule has 56 valence electrons. The Kier molecular flexibility index (Phi) is 1.56. The van der Waals surface area contributed by atoms with Crippen LogP contribution in [0.15, 0.2) is 10.4 Å². The summed E-state index contributed by atoms with van der Waals surface area (Å²) in [6.07, 6.45) is 3.94. The predicted molar refractivity (Wildman–Crippen MR) is 41.9 cm³/mol. The average Bonchev–Trinajstić information content (AvgIpc) is 2.75. The monoisotopic (exact) mass is 166 g/mol. The minimum Gasteiger partial charge on any atom is -0.221 e. The summed E-state index contributed by atoms with van der Waals surface area (Å²) in [5.74, 6) is 1.16. The van der Waals surface area contributed by atoms with Crippen molar-refractivity contribution >= 4 is 23.2 Å². The van der Waals surface area contributed by atoms with Gasteiger partial charge in [-0.1, -0.05) is 0 Å². The number of aromatic nitrogens is 1. The maximum Gasteiger partial charge on any atom is 0.242 e. The highest BCUT2D eigenvalue weighted by atomic mass is 32.1. The Hall–Kier alpha value is -0.990. The highest BCUT2D eigenvalue weighted by Crippen LogP contribution is 2.42. The van der Waals surface area contributed by atoms with Gasteiger partial charge in [0.05, 0.1) is 5.01 Å². The molecule has 1 aromatic heterocycles. The summed E-state index contributed by atoms with van der Waals surface area (Å²) in [7, 11) is 0. The van der Waals surface area contributed by atoms with E-state index in [1.165, 1.54) is 18.9 Å². The first-order chi connectivity index (χ1) is 5.40. The molecule has 2 rings (SSSR count). The quantitative estimate of drug-likeness (QED) is 0.498. The SMILES string of the molecule is O=C=Nc1csc(C2CC2)n1. The van der Waals surface area contributed by atoms with E-state index < -0.39 is 0 Å². The second-order valence-electron chi connectivity index (χ2n) is 2.52. The van der Waals surface area contributed by atoms with Crippen LogP contribution in [0.25, 0.3) is 0 Å². The molecule has 3 nitrogen and oxygen atoms in total. The molecule has 0 N–H and O–H groups in total. The van der Waals surface area contributed by atoms with Crippen LogP contribution in [0.3, 0.4) is 0 Å². The van der Waals surface area contributed by atoms with Gasteiger partial charge in [-0.3, -0.25) is 0 Å². The Bertz CT molecular complexity index is 310. The molecule has 1 aliphatic carbocycles. The van der Waals surface area contributed by atoms with E-state index in [2.05, 4.69) is 9.98 Å². The van der Waals surface area contributed by atoms with E-state index in [0.717, 1.165) is 5.01 Å². The van der Waals surface area contributed by atoms with E-state index in [1.54, 1.807) is 16.7 Å². The molecule has 1 fully saturated rings. The van der Waals surface area contributed by atoms with Crippen molar-refractivity contribution < 1.29 is 4.79 Å². The van der Waals surface area contributed by atoms with E-state index in [4.69, 9.17) is 0 Å². The molecular formula is C7H6N2OS. The van der Waals surface area contributed by atoms with Crippen LogP contribution in [0.4, 0.5) is 5.82 Å². The standard InChI is InChI=1S/C7H6N2OS/c10-4-8-6-3-11-7(9-6)5-1-2-5/h3,5H,1-2H2. The minimum absolute atomic E-state index is 0.506. The fourth-order valence-electron chi connectivity index (χ4n) is 0.895. The van der Waals surface area contributed by atoms with Gasteiger partial charge in [0.15, 0.2) is 5.82 Å². The molecule has 0 spiro atoms. The second kappa shape index (κ2) is 2.57. The van der Waals surface area contributed by atoms with Crippen LogP contribution in [0, 0.1) is 0 Å². The smallest absolute Gasteiger partial charge is 0.221 e. The van der Waals surface area contributed by atoms with Crippen molar-refractivity contribution in [3.63, 3.8) is 0 Å². The first kappa shape index (κ1) is 6.70. The van der Waals surface area contributed by atoms with E-state index in [9.17, 15) is 4.79 Å². The van der Waals surface area contributed by atoms with Crippen LogP contribution in [-0.4, -0.2) is 11.1 Å². The van der Waals surface area contributed by atoms with E-state index in [0.29, 0.717) is 11.7 Å². The lowest BCUT2D eigenvalue weighted by Crippen LogP contribution is -1.72. The maximum atomic E-state index is 9.84. The highest BCUT2D eigenvalue weighted by molar-refractivity contribution is 7.10. The molecule has 0 saturated heterocycles. The van der Waals surface area contributed by atoms with Crippen LogP contribution in [0.5, 0.6) is 0 Å². The van der Waals surface area contributed by atoms with Crippen LogP contribution in [0.2, 0.25) is 0 Å². The molecule has 0 unspecified atom stereocenters. The first-order valence-corrected chi connectivity index (χ1v) is 4.31. The summed E-state index contributed by atoms with van der Waals surface area (Å²) < 4.78 is 0. The molecule has 11 heavy (non-hydrogen) atoms. The van der Waals surface area contributed by atoms with Gasteiger partial charge in [0.1, 0.15) is 0 Å². The predicted octanol–water partition coefficient (Wildman–Crippen LogP) is 1.99. The number of aliphatic imine (C=N–C) groups is 1. The highest BCUT2D eigenvalue weighted by Gasteiger charge is 2.26. The second-order valence-corrected chi connectivity index (χ2v) is 3.41. The maximum absolute atomic E-state index is 9.84. The number of isocyanates is 1. The van der Waals surface area contributed by atoms with Crippen LogP contribution < -0.4 is 0 Å². The zero-order valence-corrected chi connectivity index (χ0v) is 6.60. The molecule has 1 aromatic rings. The van der Waals surface area contributed by atoms with Gasteiger partial charge in [-0.05, 0) is 12.8 Å². The Labute approximate surface area is 67.8 Å². The van der Waals surface area contributed by atoms with Crippen molar-refractivity contribution in [2.45, 2.75) is 18.8 Å². The lowest BCUT2D eigenvalue weighted by atomic mass is 10.5. The van der Waals surface area contributed by atoms with Gasteiger partial charge >= 0.3 is 0 Å². The van der Waals surface area contributed by atoms with E-state index >= 15 is 0 Å². The Morgan fingerprint density at radius 2 is 2.55 bits per heavy atom. The topological polar surface area (TPSA) is 42.3 Å². The minimum atomic E-state index is 0.506. The summed E-state index contributed by atoms with van der Waals surface area (Å²) in [6, 6.07) is 0. The molecular weight excluding hydrogens is 160 g/mol. The lowest BCUT2D eigenvalue weighted by molar-refractivity contribution is 0.565. The number of thiazole rings is 1. The summed E-state index contributed by atoms with van der Waals surface area (Å²) in [5, 5.41) is 2.90. The molecule has 0 aliphatic heterocycles. The fraction of sp³-hybridized carbons (Fsp3) is 0.429. The third-order valence-electron chi connectivity index (χ3n) is 1.60. The van der Waals surface area contributed by atoms with Crippen molar-refractivity contribution in [2.75, 3.05) is 0 Å². The third-order valence-corrected chi connectivity index (χ3v) is 2.59. The van der Waals surface area contributed by atoms with Gasteiger partial charge in [-0.25, -0.2) is 9.78 Å². The van der Waals surface area contributed by atoms with Gasteiger partial charge in [0, 0.05) is 11.3 Å². The molecule has 1 aliphatic rings. The molecule has 0 bridgehead atoms. The molecule has 0 aromatic carbocycles. The molecule has 1 saturated carbocycles. The number of rotatable bonds is 2. The Morgan fingerprint density at radius 3 is 3.18 bits per heavy atom. The van der Waals surface area contributed by atoms with Gasteiger partial charge in [0.25, 0.3) is 0 Å². The van der Waals surface area contributed by atoms with Crippen molar-refractivity contribution in [3.05, 3.63) is 10.4 Å². The summed E-state index contributed by atoms with van der Waals surface area (Å²) in [4.78, 5) is 17.4. The zero-order chi connectivity index (χ0) is 7.68. The fourth-order valence-corrected chi connectivity index (χ4v) is 1.80. The Morgan fingerprint density at radius 1 is 1.73 bits per heavy atom. The van der Waals surface area contributed by atoms with Crippen molar-refractivity contribution in [1.82, 2.24) is 4.98 Å². The summed E-state index contributed by atoms with van der Waals surface area (Å²) in [5.41, 5.74) is 0. The summed E-state index contributed by atoms with van der Waals surface area (Å²) in [6.45, 7) is 0. The number of hydrogen-bond donors (Lipinski definition) is 0. The lowest BCUT2D eigenvalue weighted by Gasteiger charge is -1.82. The molecule has 1 heterocycles. The van der Waals surface area contributed by atoms with Crippen LogP contribution in [-0.2, 0) is 4.79 Å². The van der Waals surface area contributed by atoms with Crippen molar-refractivity contribution in [3.8, 4) is 0 Å². The normalized spacial score (nSPS) is 16.0. The van der Waals surface area contributed by atoms with Crippen molar-refractivity contribution in [2.24, 2.45) is 4.99 Å². The number of carbonyl (C=O) groups excluding carboxylic acids is 1. The van der Waals surface area contributed by atoms with Crippen LogP contribution >= 0.6 is 11.3 Å². The van der Waals surface area contributed by atoms with Gasteiger partial charge < -0.3 is 0 Å². The first-order valence-electron chi connectivity index (χ1n) is 3.43. The third kappa shape index (κ3) is 1.37. The molecule has 0 atom stereocenters. The van der Waals surface area contributed by atoms with Gasteiger partial charge in [-0.15, -0.1) is 16.3 Å². The molecule has 4 heteroatoms. The zero-order valence-electron chi connectivity index (χ0n) is 5.78. The number of nitrogens with zero attached hydrogens (tertiary/aromatic N) is 2. The van der Waals surface area contributed by atoms with E-state index in [1.807, 2.05) is 0 Å². The largest absolute Gasteiger partial charge is 0.242 e. The molecule has 0 radical (unpaired) electrons.